The summed E-state index contributed by atoms with van der Waals surface area (Å²) < 4.78 is 1.81. The van der Waals surface area contributed by atoms with Crippen molar-refractivity contribution in [2.24, 2.45) is 0 Å². The van der Waals surface area contributed by atoms with Gasteiger partial charge in [0.2, 0.25) is 0 Å². The van der Waals surface area contributed by atoms with Gasteiger partial charge in [0.05, 0.1) is 12.6 Å². The van der Waals surface area contributed by atoms with Crippen molar-refractivity contribution in [3.05, 3.63) is 48.0 Å². The van der Waals surface area contributed by atoms with Gasteiger partial charge in [-0.15, -0.1) is 10.2 Å². The van der Waals surface area contributed by atoms with E-state index in [9.17, 15) is 5.11 Å². The molecule has 3 rings (SSSR count). The average Bonchev–Trinajstić information content (AvgIpc) is 2.91. The van der Waals surface area contributed by atoms with Crippen LogP contribution in [0.3, 0.4) is 0 Å². The maximum Gasteiger partial charge on any atom is 0.119 e. The zero-order valence-corrected chi connectivity index (χ0v) is 10.8. The Kier molecular flexibility index (Phi) is 3.57. The van der Waals surface area contributed by atoms with E-state index in [1.165, 1.54) is 11.1 Å². The number of hydrogen-bond acceptors (Lipinski definition) is 4. The Hall–Kier alpha value is -1.72. The van der Waals surface area contributed by atoms with Gasteiger partial charge >= 0.3 is 0 Å². The predicted octanol–water partition coefficient (Wildman–Crippen LogP) is 0.697. The fourth-order valence-corrected chi connectivity index (χ4v) is 2.63. The molecule has 5 heteroatoms. The van der Waals surface area contributed by atoms with Gasteiger partial charge in [0, 0.05) is 19.6 Å². The lowest BCUT2D eigenvalue weighted by atomic mass is 10.00. The average molecular weight is 258 g/mol. The molecule has 0 unspecified atom stereocenters. The Bertz CT molecular complexity index is 526. The minimum atomic E-state index is -0.388. The van der Waals surface area contributed by atoms with Gasteiger partial charge in [0.1, 0.15) is 12.7 Å². The molecule has 2 heterocycles. The quantitative estimate of drug-likeness (QED) is 0.877. The predicted molar refractivity (Wildman–Crippen MR) is 71.5 cm³/mol. The molecule has 0 saturated carbocycles. The number of nitrogens with zero attached hydrogens (tertiary/aromatic N) is 4. The van der Waals surface area contributed by atoms with Gasteiger partial charge in [-0.25, -0.2) is 0 Å². The van der Waals surface area contributed by atoms with E-state index in [0.29, 0.717) is 13.1 Å². The lowest BCUT2D eigenvalue weighted by molar-refractivity contribution is 0.0917. The molecule has 1 atom stereocenters. The van der Waals surface area contributed by atoms with Gasteiger partial charge in [-0.3, -0.25) is 4.90 Å². The third-order valence-electron chi connectivity index (χ3n) is 3.57. The van der Waals surface area contributed by atoms with Crippen LogP contribution >= 0.6 is 0 Å². The van der Waals surface area contributed by atoms with Crippen molar-refractivity contribution < 1.29 is 5.11 Å². The van der Waals surface area contributed by atoms with Gasteiger partial charge < -0.3 is 9.67 Å². The first-order valence-electron chi connectivity index (χ1n) is 6.61. The van der Waals surface area contributed by atoms with E-state index in [2.05, 4.69) is 39.4 Å². The van der Waals surface area contributed by atoms with Crippen molar-refractivity contribution in [2.75, 3.05) is 13.1 Å². The van der Waals surface area contributed by atoms with E-state index >= 15 is 0 Å². The molecule has 1 aromatic heterocycles. The zero-order valence-electron chi connectivity index (χ0n) is 10.8. The first-order valence-corrected chi connectivity index (χ1v) is 6.61. The fourth-order valence-electron chi connectivity index (χ4n) is 2.63. The zero-order chi connectivity index (χ0) is 13.1. The first kappa shape index (κ1) is 12.3. The molecule has 0 amide bonds. The summed E-state index contributed by atoms with van der Waals surface area (Å²) in [6, 6.07) is 8.54. The molecule has 1 aromatic carbocycles. The third-order valence-corrected chi connectivity index (χ3v) is 3.57. The van der Waals surface area contributed by atoms with Crippen LogP contribution in [0.25, 0.3) is 0 Å². The van der Waals surface area contributed by atoms with Crippen LogP contribution in [0.5, 0.6) is 0 Å². The van der Waals surface area contributed by atoms with Gasteiger partial charge in [-0.1, -0.05) is 24.3 Å². The topological polar surface area (TPSA) is 54.2 Å². The minimum Gasteiger partial charge on any atom is -0.390 e. The van der Waals surface area contributed by atoms with E-state index in [1.807, 2.05) is 4.57 Å². The van der Waals surface area contributed by atoms with Crippen molar-refractivity contribution in [1.29, 1.82) is 0 Å². The maximum atomic E-state index is 10.1. The second-order valence-corrected chi connectivity index (χ2v) is 5.07. The summed E-state index contributed by atoms with van der Waals surface area (Å²) in [5.41, 5.74) is 2.82. The van der Waals surface area contributed by atoms with Crippen LogP contribution in [0.4, 0.5) is 0 Å². The molecule has 100 valence electrons. The van der Waals surface area contributed by atoms with E-state index in [0.717, 1.165) is 19.5 Å². The molecule has 1 aliphatic heterocycles. The highest BCUT2D eigenvalue weighted by Crippen LogP contribution is 2.18. The molecule has 0 spiro atoms. The molecule has 1 aliphatic rings. The third kappa shape index (κ3) is 3.00. The van der Waals surface area contributed by atoms with Crippen molar-refractivity contribution in [1.82, 2.24) is 19.7 Å². The first-order chi connectivity index (χ1) is 9.31. The lowest BCUT2D eigenvalue weighted by Crippen LogP contribution is -2.38. The number of aliphatic hydroxyl groups is 1. The molecule has 0 bridgehead atoms. The van der Waals surface area contributed by atoms with Gasteiger partial charge in [-0.05, 0) is 17.5 Å². The lowest BCUT2D eigenvalue weighted by Gasteiger charge is -2.30. The Morgan fingerprint density at radius 3 is 2.63 bits per heavy atom. The van der Waals surface area contributed by atoms with Gasteiger partial charge in [0.15, 0.2) is 0 Å². The van der Waals surface area contributed by atoms with Crippen LogP contribution in [-0.4, -0.2) is 44.0 Å². The minimum absolute atomic E-state index is 0.388. The van der Waals surface area contributed by atoms with Crippen molar-refractivity contribution >= 4 is 0 Å². The number of hydrogen-bond donors (Lipinski definition) is 1. The Labute approximate surface area is 112 Å². The molecule has 19 heavy (non-hydrogen) atoms. The fraction of sp³-hybridized carbons (Fsp3) is 0.429. The number of rotatable bonds is 4. The summed E-state index contributed by atoms with van der Waals surface area (Å²) in [6.45, 7) is 3.17. The molecule has 0 saturated heterocycles. The number of fused-ring (bicyclic) bond motifs is 1. The van der Waals surface area contributed by atoms with E-state index in [1.54, 1.807) is 12.7 Å². The molecule has 2 aromatic rings. The summed E-state index contributed by atoms with van der Waals surface area (Å²) >= 11 is 0. The monoisotopic (exact) mass is 258 g/mol. The smallest absolute Gasteiger partial charge is 0.119 e. The molecule has 0 radical (unpaired) electrons. The number of aliphatic hydroxyl groups excluding tert-OH is 1. The summed E-state index contributed by atoms with van der Waals surface area (Å²) in [6.07, 6.45) is 3.94. The van der Waals surface area contributed by atoms with Gasteiger partial charge in [0.25, 0.3) is 0 Å². The second-order valence-electron chi connectivity index (χ2n) is 5.07. The molecular formula is C14H18N4O. The summed E-state index contributed by atoms with van der Waals surface area (Å²) in [4.78, 5) is 2.30. The van der Waals surface area contributed by atoms with Crippen molar-refractivity contribution in [3.63, 3.8) is 0 Å². The van der Waals surface area contributed by atoms with E-state index < -0.39 is 0 Å². The normalized spacial score (nSPS) is 17.1. The van der Waals surface area contributed by atoms with E-state index in [4.69, 9.17) is 0 Å². The highest BCUT2D eigenvalue weighted by atomic mass is 16.3. The van der Waals surface area contributed by atoms with Crippen LogP contribution in [0.2, 0.25) is 0 Å². The largest absolute Gasteiger partial charge is 0.390 e. The summed E-state index contributed by atoms with van der Waals surface area (Å²) in [5, 5.41) is 17.6. The van der Waals surface area contributed by atoms with Crippen molar-refractivity contribution in [3.8, 4) is 0 Å². The van der Waals surface area contributed by atoms with Crippen LogP contribution in [0.15, 0.2) is 36.9 Å². The maximum absolute atomic E-state index is 10.1. The summed E-state index contributed by atoms with van der Waals surface area (Å²) in [5.74, 6) is 0. The van der Waals surface area contributed by atoms with Crippen LogP contribution in [-0.2, 0) is 19.5 Å². The standard InChI is InChI=1S/C14H18N4O/c19-14(9-18-10-15-16-11-18)8-17-6-5-12-3-1-2-4-13(12)7-17/h1-4,10-11,14,19H,5-9H2/t14-/m1/s1. The SMILES string of the molecule is O[C@H](CN1CCc2ccccc2C1)Cn1cnnc1. The molecule has 0 fully saturated rings. The summed E-state index contributed by atoms with van der Waals surface area (Å²) in [7, 11) is 0. The molecule has 0 aliphatic carbocycles. The highest BCUT2D eigenvalue weighted by Gasteiger charge is 2.18. The van der Waals surface area contributed by atoms with Crippen molar-refractivity contribution in [2.45, 2.75) is 25.6 Å². The van der Waals surface area contributed by atoms with Gasteiger partial charge in [-0.2, -0.15) is 0 Å². The molecule has 1 N–H and O–H groups in total. The van der Waals surface area contributed by atoms with Crippen LogP contribution < -0.4 is 0 Å². The number of benzene rings is 1. The molecule has 5 nitrogen and oxygen atoms in total. The Morgan fingerprint density at radius 1 is 1.11 bits per heavy atom. The second kappa shape index (κ2) is 5.50. The Balaban J connectivity index is 1.57. The highest BCUT2D eigenvalue weighted by molar-refractivity contribution is 5.29. The Morgan fingerprint density at radius 2 is 1.84 bits per heavy atom. The molecular weight excluding hydrogens is 240 g/mol. The van der Waals surface area contributed by atoms with Crippen LogP contribution in [0.1, 0.15) is 11.1 Å². The number of aromatic nitrogens is 3. The van der Waals surface area contributed by atoms with Crippen LogP contribution in [0, 0.1) is 0 Å². The van der Waals surface area contributed by atoms with E-state index in [-0.39, 0.29) is 6.10 Å². The number of β-amino-alcohol motifs (C(OH)–C–C–N with tert-alkyl or cyclic N) is 1.